The molecule has 0 bridgehead atoms. The van der Waals surface area contributed by atoms with Crippen LogP contribution in [-0.2, 0) is 11.2 Å². The zero-order valence-electron chi connectivity index (χ0n) is 19.1. The predicted molar refractivity (Wildman–Crippen MR) is 131 cm³/mol. The van der Waals surface area contributed by atoms with E-state index < -0.39 is 0 Å². The first-order valence-electron chi connectivity index (χ1n) is 11.1. The molecule has 1 fully saturated rings. The fourth-order valence-corrected chi connectivity index (χ4v) is 5.50. The van der Waals surface area contributed by atoms with E-state index in [0.717, 1.165) is 55.0 Å². The zero-order chi connectivity index (χ0) is 23.2. The highest BCUT2D eigenvalue weighted by molar-refractivity contribution is 6.35. The van der Waals surface area contributed by atoms with Gasteiger partial charge in [0.25, 0.3) is 0 Å². The number of carbonyl (C=O) groups excluding carboxylic acids is 1. The Bertz CT molecular complexity index is 1050. The van der Waals surface area contributed by atoms with Crippen molar-refractivity contribution >= 4 is 34.8 Å². The third kappa shape index (κ3) is 4.43. The third-order valence-electron chi connectivity index (χ3n) is 6.86. The number of carbonyl (C=O) groups is 1. The van der Waals surface area contributed by atoms with Gasteiger partial charge >= 0.3 is 0 Å². The Morgan fingerprint density at radius 3 is 2.50 bits per heavy atom. The van der Waals surface area contributed by atoms with Crippen LogP contribution in [0.2, 0.25) is 10.0 Å². The molecule has 5 nitrogen and oxygen atoms in total. The number of phenolic OH excluding ortho intramolecular Hbond substituents is 1. The van der Waals surface area contributed by atoms with Gasteiger partial charge in [0.2, 0.25) is 5.91 Å². The monoisotopic (exact) mass is 475 g/mol. The fraction of sp³-hybridized carbons (Fsp3) is 0.480. The van der Waals surface area contributed by atoms with E-state index >= 15 is 0 Å². The maximum atomic E-state index is 13.0. The molecule has 4 rings (SSSR count). The van der Waals surface area contributed by atoms with Crippen molar-refractivity contribution in [3.63, 3.8) is 0 Å². The molecule has 0 saturated carbocycles. The molecule has 1 atom stereocenters. The molecule has 1 aliphatic carbocycles. The lowest BCUT2D eigenvalue weighted by Gasteiger charge is -2.36. The quantitative estimate of drug-likeness (QED) is 0.661. The van der Waals surface area contributed by atoms with Crippen molar-refractivity contribution in [3.05, 3.63) is 56.6 Å². The molecule has 172 valence electrons. The van der Waals surface area contributed by atoms with Crippen LogP contribution in [0.4, 0.5) is 5.69 Å². The average molecular weight is 476 g/mol. The maximum absolute atomic E-state index is 13.0. The largest absolute Gasteiger partial charge is 0.507 e. The minimum absolute atomic E-state index is 0.0104. The van der Waals surface area contributed by atoms with Crippen LogP contribution in [0.1, 0.15) is 42.1 Å². The summed E-state index contributed by atoms with van der Waals surface area (Å²) >= 11 is 12.5. The SMILES string of the molecule is Cc1cc(C)c2c(c1O)C(NC(=O)CN1CCN(c3cc(Cl)ccc3Cl)CC1)C(C)(C)C2. The van der Waals surface area contributed by atoms with Gasteiger partial charge in [-0.2, -0.15) is 0 Å². The second-order valence-electron chi connectivity index (χ2n) is 9.78. The third-order valence-corrected chi connectivity index (χ3v) is 7.41. The number of aromatic hydroxyl groups is 1. The molecule has 1 unspecified atom stereocenters. The van der Waals surface area contributed by atoms with Crippen molar-refractivity contribution < 1.29 is 9.90 Å². The second kappa shape index (κ2) is 8.77. The number of nitrogens with zero attached hydrogens (tertiary/aromatic N) is 2. The summed E-state index contributed by atoms with van der Waals surface area (Å²) < 4.78 is 0. The summed E-state index contributed by atoms with van der Waals surface area (Å²) in [5.74, 6) is 0.303. The van der Waals surface area contributed by atoms with Crippen molar-refractivity contribution in [2.45, 2.75) is 40.2 Å². The summed E-state index contributed by atoms with van der Waals surface area (Å²) in [5.41, 5.74) is 4.87. The first kappa shape index (κ1) is 23.2. The van der Waals surface area contributed by atoms with Crippen LogP contribution < -0.4 is 10.2 Å². The summed E-state index contributed by atoms with van der Waals surface area (Å²) in [6.45, 7) is 11.7. The van der Waals surface area contributed by atoms with Gasteiger partial charge in [-0.15, -0.1) is 0 Å². The Morgan fingerprint density at radius 2 is 1.81 bits per heavy atom. The molecular formula is C25H31Cl2N3O2. The van der Waals surface area contributed by atoms with E-state index in [-0.39, 0.29) is 17.4 Å². The van der Waals surface area contributed by atoms with Crippen LogP contribution in [0.5, 0.6) is 5.75 Å². The highest BCUT2D eigenvalue weighted by Crippen LogP contribution is 2.50. The maximum Gasteiger partial charge on any atom is 0.234 e. The predicted octanol–water partition coefficient (Wildman–Crippen LogP) is 4.88. The Balaban J connectivity index is 1.41. The molecule has 0 radical (unpaired) electrons. The number of phenols is 1. The molecule has 7 heteroatoms. The van der Waals surface area contributed by atoms with Crippen LogP contribution in [-0.4, -0.2) is 48.6 Å². The number of aryl methyl sites for hydroxylation is 2. The normalized spacial score (nSPS) is 20.3. The summed E-state index contributed by atoms with van der Waals surface area (Å²) in [5, 5.41) is 15.4. The van der Waals surface area contributed by atoms with Crippen LogP contribution in [0.15, 0.2) is 24.3 Å². The number of amides is 1. The number of hydrogen-bond donors (Lipinski definition) is 2. The van der Waals surface area contributed by atoms with Crippen molar-refractivity contribution in [3.8, 4) is 5.75 Å². The lowest BCUT2D eigenvalue weighted by Crippen LogP contribution is -2.50. The first-order chi connectivity index (χ1) is 15.1. The number of benzene rings is 2. The molecule has 2 aromatic carbocycles. The standard InChI is InChI=1S/C25H31Cl2N3O2/c1-15-11-16(2)23(32)22-18(15)13-25(3,4)24(22)28-21(31)14-29-7-9-30(10-8-29)20-12-17(26)5-6-19(20)27/h5-6,11-12,24,32H,7-10,13-14H2,1-4H3,(H,28,31). The van der Waals surface area contributed by atoms with E-state index in [1.165, 1.54) is 5.56 Å². The van der Waals surface area contributed by atoms with Crippen molar-refractivity contribution in [2.24, 2.45) is 5.41 Å². The van der Waals surface area contributed by atoms with Crippen LogP contribution >= 0.6 is 23.2 Å². The molecular weight excluding hydrogens is 445 g/mol. The molecule has 1 amide bonds. The highest BCUT2D eigenvalue weighted by Gasteiger charge is 2.43. The molecule has 32 heavy (non-hydrogen) atoms. The van der Waals surface area contributed by atoms with E-state index in [2.05, 4.69) is 35.9 Å². The highest BCUT2D eigenvalue weighted by atomic mass is 35.5. The zero-order valence-corrected chi connectivity index (χ0v) is 20.6. The van der Waals surface area contributed by atoms with Gasteiger partial charge in [0.1, 0.15) is 5.75 Å². The average Bonchev–Trinajstić information content (AvgIpc) is 3.00. The van der Waals surface area contributed by atoms with Gasteiger partial charge in [0.05, 0.1) is 23.3 Å². The molecule has 2 aliphatic rings. The fourth-order valence-electron chi connectivity index (χ4n) is 5.09. The van der Waals surface area contributed by atoms with Gasteiger partial charge in [-0.25, -0.2) is 0 Å². The minimum Gasteiger partial charge on any atom is -0.507 e. The molecule has 1 saturated heterocycles. The molecule has 0 aromatic heterocycles. The van der Waals surface area contributed by atoms with Gasteiger partial charge < -0.3 is 15.3 Å². The number of nitrogens with one attached hydrogen (secondary N) is 1. The Morgan fingerprint density at radius 1 is 1.12 bits per heavy atom. The number of rotatable bonds is 4. The minimum atomic E-state index is -0.199. The van der Waals surface area contributed by atoms with E-state index in [1.807, 2.05) is 25.1 Å². The van der Waals surface area contributed by atoms with Gasteiger partial charge in [0.15, 0.2) is 0 Å². The first-order valence-corrected chi connectivity index (χ1v) is 11.9. The van der Waals surface area contributed by atoms with E-state index in [0.29, 0.717) is 22.3 Å². The lowest BCUT2D eigenvalue weighted by atomic mass is 9.85. The van der Waals surface area contributed by atoms with Crippen molar-refractivity contribution in [1.29, 1.82) is 0 Å². The van der Waals surface area contributed by atoms with Crippen LogP contribution in [0.25, 0.3) is 0 Å². The summed E-state index contributed by atoms with van der Waals surface area (Å²) in [4.78, 5) is 17.4. The van der Waals surface area contributed by atoms with Gasteiger partial charge in [-0.1, -0.05) is 43.1 Å². The second-order valence-corrected chi connectivity index (χ2v) is 10.6. The summed E-state index contributed by atoms with van der Waals surface area (Å²) in [6.07, 6.45) is 0.839. The van der Waals surface area contributed by atoms with Crippen LogP contribution in [0.3, 0.4) is 0 Å². The molecule has 2 aromatic rings. The Kier molecular flexibility index (Phi) is 6.36. The number of anilines is 1. The Hall–Kier alpha value is -1.95. The molecule has 1 aliphatic heterocycles. The van der Waals surface area contributed by atoms with Crippen molar-refractivity contribution in [2.75, 3.05) is 37.6 Å². The van der Waals surface area contributed by atoms with Gasteiger partial charge in [-0.3, -0.25) is 9.69 Å². The lowest BCUT2D eigenvalue weighted by molar-refractivity contribution is -0.123. The van der Waals surface area contributed by atoms with E-state index in [4.69, 9.17) is 23.2 Å². The van der Waals surface area contributed by atoms with Crippen molar-refractivity contribution in [1.82, 2.24) is 10.2 Å². The van der Waals surface area contributed by atoms with Gasteiger partial charge in [0, 0.05) is 36.8 Å². The molecule has 2 N–H and O–H groups in total. The van der Waals surface area contributed by atoms with Crippen LogP contribution in [0, 0.1) is 19.3 Å². The Labute approximate surface area is 200 Å². The number of hydrogen-bond acceptors (Lipinski definition) is 4. The topological polar surface area (TPSA) is 55.8 Å². The molecule has 1 heterocycles. The van der Waals surface area contributed by atoms with Gasteiger partial charge in [-0.05, 0) is 60.6 Å². The smallest absolute Gasteiger partial charge is 0.234 e. The molecule has 0 spiro atoms. The number of piperazine rings is 1. The van der Waals surface area contributed by atoms with E-state index in [9.17, 15) is 9.90 Å². The van der Waals surface area contributed by atoms with E-state index in [1.54, 1.807) is 6.07 Å². The summed E-state index contributed by atoms with van der Waals surface area (Å²) in [6, 6.07) is 7.33. The number of halogens is 2. The number of fused-ring (bicyclic) bond motifs is 1. The summed E-state index contributed by atoms with van der Waals surface area (Å²) in [7, 11) is 0.